The first-order valence-corrected chi connectivity index (χ1v) is 10.8. The van der Waals surface area contributed by atoms with E-state index < -0.39 is 4.92 Å². The summed E-state index contributed by atoms with van der Waals surface area (Å²) in [5, 5.41) is 15.1. The lowest BCUT2D eigenvalue weighted by Crippen LogP contribution is -2.23. The molecule has 2 aromatic heterocycles. The van der Waals surface area contributed by atoms with Gasteiger partial charge in [-0.05, 0) is 54.5 Å². The second kappa shape index (κ2) is 9.05. The van der Waals surface area contributed by atoms with Crippen molar-refractivity contribution in [1.82, 2.24) is 14.6 Å². The Morgan fingerprint density at radius 3 is 2.52 bits per heavy atom. The van der Waals surface area contributed by atoms with Gasteiger partial charge in [-0.25, -0.2) is 0 Å². The molecule has 0 radical (unpaired) electrons. The predicted molar refractivity (Wildman–Crippen MR) is 119 cm³/mol. The summed E-state index contributed by atoms with van der Waals surface area (Å²) in [4.78, 5) is 28.0. The number of aromatic nitrogens is 3. The second-order valence-electron chi connectivity index (χ2n) is 6.97. The average Bonchev–Trinajstić information content (AvgIpc) is 3.31. The Bertz CT molecular complexity index is 1310. The van der Waals surface area contributed by atoms with E-state index in [2.05, 4.69) is 17.0 Å². The SMILES string of the molecule is CCCCCOc1ccc(-c2nc3s/c(=C\c4ccc([N+](=O)[O-])cc4)c(=O)n3n2)cc1. The van der Waals surface area contributed by atoms with E-state index in [1.54, 1.807) is 18.2 Å². The Labute approximate surface area is 181 Å². The van der Waals surface area contributed by atoms with Crippen molar-refractivity contribution in [3.8, 4) is 17.1 Å². The van der Waals surface area contributed by atoms with E-state index in [1.165, 1.54) is 28.0 Å². The van der Waals surface area contributed by atoms with Crippen LogP contribution in [0.1, 0.15) is 31.7 Å². The first-order valence-electron chi connectivity index (χ1n) is 9.94. The van der Waals surface area contributed by atoms with Crippen LogP contribution in [0.15, 0.2) is 53.3 Å². The quantitative estimate of drug-likeness (QED) is 0.236. The van der Waals surface area contributed by atoms with Gasteiger partial charge in [-0.15, -0.1) is 5.10 Å². The molecule has 0 bridgehead atoms. The fourth-order valence-electron chi connectivity index (χ4n) is 3.04. The number of benzene rings is 2. The van der Waals surface area contributed by atoms with E-state index in [1.807, 2.05) is 24.3 Å². The van der Waals surface area contributed by atoms with Crippen molar-refractivity contribution in [3.63, 3.8) is 0 Å². The summed E-state index contributed by atoms with van der Waals surface area (Å²) in [6.07, 6.45) is 5.01. The number of thiazole rings is 1. The third-order valence-electron chi connectivity index (χ3n) is 4.71. The summed E-state index contributed by atoms with van der Waals surface area (Å²) >= 11 is 1.23. The average molecular weight is 436 g/mol. The predicted octanol–water partition coefficient (Wildman–Crippen LogP) is 3.84. The summed E-state index contributed by atoms with van der Waals surface area (Å²) in [5.41, 5.74) is 1.23. The molecule has 4 rings (SSSR count). The molecule has 0 amide bonds. The Hall–Kier alpha value is -3.59. The molecule has 0 fully saturated rings. The molecule has 0 aliphatic carbocycles. The van der Waals surface area contributed by atoms with Crippen LogP contribution < -0.4 is 14.8 Å². The van der Waals surface area contributed by atoms with Gasteiger partial charge in [0.05, 0.1) is 16.1 Å². The molecule has 0 unspecified atom stereocenters. The minimum atomic E-state index is -0.460. The van der Waals surface area contributed by atoms with Gasteiger partial charge in [0, 0.05) is 17.7 Å². The number of hydrogen-bond acceptors (Lipinski definition) is 7. The Morgan fingerprint density at radius 1 is 1.13 bits per heavy atom. The van der Waals surface area contributed by atoms with Crippen LogP contribution in [0.25, 0.3) is 22.4 Å². The molecule has 31 heavy (non-hydrogen) atoms. The molecule has 2 aromatic carbocycles. The molecule has 2 heterocycles. The third-order valence-corrected chi connectivity index (χ3v) is 5.67. The maximum absolute atomic E-state index is 12.7. The van der Waals surface area contributed by atoms with E-state index in [0.717, 1.165) is 30.6 Å². The standard InChI is InChI=1S/C22H20N4O4S/c1-2-3-4-13-30-18-11-7-16(8-12-18)20-23-22-25(24-20)21(27)19(31-22)14-15-5-9-17(10-6-15)26(28)29/h5-12,14H,2-4,13H2,1H3/b19-14-. The molecule has 0 aliphatic rings. The number of ether oxygens (including phenoxy) is 1. The topological polar surface area (TPSA) is 99.6 Å². The first-order chi connectivity index (χ1) is 15.0. The lowest BCUT2D eigenvalue weighted by Gasteiger charge is -2.05. The zero-order valence-corrected chi connectivity index (χ0v) is 17.7. The highest BCUT2D eigenvalue weighted by Crippen LogP contribution is 2.21. The highest BCUT2D eigenvalue weighted by Gasteiger charge is 2.12. The molecule has 0 aliphatic heterocycles. The molecular formula is C22H20N4O4S. The number of nitrogens with zero attached hydrogens (tertiary/aromatic N) is 4. The first kappa shape index (κ1) is 20.7. The molecule has 0 atom stereocenters. The second-order valence-corrected chi connectivity index (χ2v) is 7.98. The minimum absolute atomic E-state index is 0.00386. The van der Waals surface area contributed by atoms with Gasteiger partial charge in [0.25, 0.3) is 11.2 Å². The minimum Gasteiger partial charge on any atom is -0.494 e. The molecule has 0 spiro atoms. The van der Waals surface area contributed by atoms with Crippen molar-refractivity contribution in [2.45, 2.75) is 26.2 Å². The van der Waals surface area contributed by atoms with Crippen molar-refractivity contribution >= 4 is 28.1 Å². The highest BCUT2D eigenvalue weighted by molar-refractivity contribution is 7.15. The smallest absolute Gasteiger partial charge is 0.291 e. The maximum Gasteiger partial charge on any atom is 0.291 e. The molecule has 8 nitrogen and oxygen atoms in total. The third kappa shape index (κ3) is 4.61. The van der Waals surface area contributed by atoms with Crippen LogP contribution in [0.5, 0.6) is 5.75 Å². The van der Waals surface area contributed by atoms with E-state index in [0.29, 0.717) is 27.5 Å². The van der Waals surface area contributed by atoms with Gasteiger partial charge in [0.2, 0.25) is 4.96 Å². The van der Waals surface area contributed by atoms with Crippen molar-refractivity contribution in [2.24, 2.45) is 0 Å². The highest BCUT2D eigenvalue weighted by atomic mass is 32.1. The van der Waals surface area contributed by atoms with Crippen LogP contribution in [-0.4, -0.2) is 26.1 Å². The Morgan fingerprint density at radius 2 is 1.87 bits per heavy atom. The number of fused-ring (bicyclic) bond motifs is 1. The zero-order chi connectivity index (χ0) is 21.8. The van der Waals surface area contributed by atoms with Gasteiger partial charge >= 0.3 is 0 Å². The summed E-state index contributed by atoms with van der Waals surface area (Å²) in [7, 11) is 0. The normalized spacial score (nSPS) is 11.8. The zero-order valence-electron chi connectivity index (χ0n) is 16.9. The number of nitro benzene ring substituents is 1. The summed E-state index contributed by atoms with van der Waals surface area (Å²) in [5.74, 6) is 1.27. The molecule has 9 heteroatoms. The van der Waals surface area contributed by atoms with Gasteiger partial charge in [-0.1, -0.05) is 31.1 Å². The summed E-state index contributed by atoms with van der Waals surface area (Å²) < 4.78 is 7.47. The van der Waals surface area contributed by atoms with Gasteiger partial charge in [0.1, 0.15) is 5.75 Å². The van der Waals surface area contributed by atoms with Crippen LogP contribution in [0.3, 0.4) is 0 Å². The fraction of sp³-hybridized carbons (Fsp3) is 0.227. The lowest BCUT2D eigenvalue weighted by atomic mass is 10.2. The van der Waals surface area contributed by atoms with Crippen molar-refractivity contribution < 1.29 is 9.66 Å². The van der Waals surface area contributed by atoms with Crippen molar-refractivity contribution in [1.29, 1.82) is 0 Å². The van der Waals surface area contributed by atoms with Gasteiger partial charge in [0.15, 0.2) is 5.82 Å². The summed E-state index contributed by atoms with van der Waals surface area (Å²) in [6.45, 7) is 2.85. The monoisotopic (exact) mass is 436 g/mol. The molecule has 0 saturated heterocycles. The molecule has 0 N–H and O–H groups in total. The van der Waals surface area contributed by atoms with E-state index in [-0.39, 0.29) is 11.2 Å². The van der Waals surface area contributed by atoms with Gasteiger partial charge in [-0.3, -0.25) is 14.9 Å². The van der Waals surface area contributed by atoms with Gasteiger partial charge < -0.3 is 4.74 Å². The number of non-ortho nitro benzene ring substituents is 1. The maximum atomic E-state index is 12.7. The largest absolute Gasteiger partial charge is 0.494 e. The number of rotatable bonds is 8. The van der Waals surface area contributed by atoms with Crippen LogP contribution in [0.2, 0.25) is 0 Å². The number of unbranched alkanes of at least 4 members (excludes halogenated alkanes) is 2. The molecule has 158 valence electrons. The number of nitro groups is 1. The Kier molecular flexibility index (Phi) is 6.03. The van der Waals surface area contributed by atoms with Crippen LogP contribution in [0.4, 0.5) is 5.69 Å². The number of hydrogen-bond donors (Lipinski definition) is 0. The Balaban J connectivity index is 1.54. The lowest BCUT2D eigenvalue weighted by molar-refractivity contribution is -0.384. The van der Waals surface area contributed by atoms with Crippen LogP contribution in [-0.2, 0) is 0 Å². The van der Waals surface area contributed by atoms with Crippen molar-refractivity contribution in [3.05, 3.63) is 79.1 Å². The molecule has 0 saturated carbocycles. The fourth-order valence-corrected chi connectivity index (χ4v) is 3.95. The van der Waals surface area contributed by atoms with E-state index in [4.69, 9.17) is 4.74 Å². The van der Waals surface area contributed by atoms with Crippen molar-refractivity contribution in [2.75, 3.05) is 6.61 Å². The summed E-state index contributed by atoms with van der Waals surface area (Å²) in [6, 6.07) is 13.5. The van der Waals surface area contributed by atoms with Crippen LogP contribution >= 0.6 is 11.3 Å². The molecular weight excluding hydrogens is 416 g/mol. The van der Waals surface area contributed by atoms with Gasteiger partial charge in [-0.2, -0.15) is 9.50 Å². The van der Waals surface area contributed by atoms with E-state index >= 15 is 0 Å². The molecule has 4 aromatic rings. The van der Waals surface area contributed by atoms with E-state index in [9.17, 15) is 14.9 Å². The van der Waals surface area contributed by atoms with Crippen LogP contribution in [0, 0.1) is 10.1 Å².